The number of rotatable bonds is 6. The lowest BCUT2D eigenvalue weighted by atomic mass is 9.81. The van der Waals surface area contributed by atoms with Gasteiger partial charge in [-0.25, -0.2) is 0 Å². The third-order valence-electron chi connectivity index (χ3n) is 13.1. The van der Waals surface area contributed by atoms with Crippen molar-refractivity contribution in [2.24, 2.45) is 0 Å². The molecule has 0 bridgehead atoms. The summed E-state index contributed by atoms with van der Waals surface area (Å²) in [5.41, 5.74) is 17.4. The summed E-state index contributed by atoms with van der Waals surface area (Å²) in [6, 6.07) is 77.5. The van der Waals surface area contributed by atoms with Gasteiger partial charge in [0, 0.05) is 38.8 Å². The van der Waals surface area contributed by atoms with E-state index in [0.717, 1.165) is 50.1 Å². The monoisotopic (exact) mass is 779 g/mol. The van der Waals surface area contributed by atoms with Crippen molar-refractivity contribution in [1.29, 1.82) is 0 Å². The van der Waals surface area contributed by atoms with Gasteiger partial charge in [0.05, 0.1) is 0 Å². The van der Waals surface area contributed by atoms with E-state index in [4.69, 9.17) is 4.42 Å². The van der Waals surface area contributed by atoms with Gasteiger partial charge in [0.25, 0.3) is 0 Å². The average Bonchev–Trinajstić information content (AvgIpc) is 3.81. The molecule has 0 radical (unpaired) electrons. The molecule has 0 unspecified atom stereocenters. The third kappa shape index (κ3) is 5.71. The van der Waals surface area contributed by atoms with Gasteiger partial charge in [-0.2, -0.15) is 0 Å². The maximum Gasteiger partial charge on any atom is 0.143 e. The summed E-state index contributed by atoms with van der Waals surface area (Å²) in [5, 5.41) is 7.30. The van der Waals surface area contributed by atoms with E-state index in [2.05, 4.69) is 219 Å². The predicted molar refractivity (Wildman–Crippen MR) is 257 cm³/mol. The number of hydrogen-bond acceptors (Lipinski definition) is 2. The molecular formula is C59H41NO. The molecule has 61 heavy (non-hydrogen) atoms. The second kappa shape index (κ2) is 13.7. The van der Waals surface area contributed by atoms with E-state index >= 15 is 0 Å². The van der Waals surface area contributed by atoms with E-state index in [9.17, 15) is 0 Å². The van der Waals surface area contributed by atoms with Crippen LogP contribution in [0.3, 0.4) is 0 Å². The third-order valence-corrected chi connectivity index (χ3v) is 13.1. The van der Waals surface area contributed by atoms with E-state index in [1.165, 1.54) is 66.1 Å². The maximum absolute atomic E-state index is 6.46. The second-order valence-corrected chi connectivity index (χ2v) is 16.9. The Kier molecular flexibility index (Phi) is 7.92. The zero-order valence-electron chi connectivity index (χ0n) is 34.1. The van der Waals surface area contributed by atoms with Gasteiger partial charge in [0.1, 0.15) is 11.2 Å². The fourth-order valence-corrected chi connectivity index (χ4v) is 9.89. The minimum absolute atomic E-state index is 0.202. The lowest BCUT2D eigenvalue weighted by Gasteiger charge is -2.28. The Hall–Kier alpha value is -7.68. The van der Waals surface area contributed by atoms with Crippen LogP contribution in [0.15, 0.2) is 217 Å². The molecule has 2 heteroatoms. The molecule has 11 aromatic rings. The first kappa shape index (κ1) is 35.3. The zero-order valence-corrected chi connectivity index (χ0v) is 34.1. The van der Waals surface area contributed by atoms with E-state index in [-0.39, 0.29) is 5.41 Å². The number of fused-ring (bicyclic) bond motifs is 8. The molecule has 0 amide bonds. The number of benzene rings is 10. The van der Waals surface area contributed by atoms with Crippen molar-refractivity contribution in [3.63, 3.8) is 0 Å². The van der Waals surface area contributed by atoms with Gasteiger partial charge in [-0.1, -0.05) is 172 Å². The molecule has 12 rings (SSSR count). The lowest BCUT2D eigenvalue weighted by Crippen LogP contribution is -2.16. The molecule has 0 atom stereocenters. The van der Waals surface area contributed by atoms with Gasteiger partial charge in [0.15, 0.2) is 0 Å². The van der Waals surface area contributed by atoms with Gasteiger partial charge >= 0.3 is 0 Å². The number of para-hydroxylation sites is 2. The number of nitrogens with zero attached hydrogens (tertiary/aromatic N) is 1. The quantitative estimate of drug-likeness (QED) is 0.167. The minimum atomic E-state index is -0.202. The standard InChI is InChI=1S/C59H41NO/c1-59(2)55-36-44(43-22-21-38-11-3-4-13-42(38)35-43)27-33-51(55)52-34-32-47(37-56(52)59)60(45-28-23-40(24-29-45)49-17-9-14-39-12-5-6-15-48(39)49)46-30-25-41(26-31-46)50-18-10-19-54-53-16-7-8-20-57(53)61-58(50)54/h3-37H,1-2H3. The second-order valence-electron chi connectivity index (χ2n) is 16.9. The number of hydrogen-bond donors (Lipinski definition) is 0. The first-order chi connectivity index (χ1) is 30.0. The van der Waals surface area contributed by atoms with E-state index in [1.807, 2.05) is 12.1 Å². The molecule has 2 nitrogen and oxygen atoms in total. The minimum Gasteiger partial charge on any atom is -0.455 e. The molecule has 0 saturated carbocycles. The topological polar surface area (TPSA) is 16.4 Å². The van der Waals surface area contributed by atoms with Crippen molar-refractivity contribution in [3.05, 3.63) is 223 Å². The smallest absolute Gasteiger partial charge is 0.143 e. The average molecular weight is 780 g/mol. The van der Waals surface area contributed by atoms with Crippen LogP contribution in [0.5, 0.6) is 0 Å². The first-order valence-corrected chi connectivity index (χ1v) is 21.2. The molecule has 0 saturated heterocycles. The Morgan fingerprint density at radius 1 is 0.344 bits per heavy atom. The highest BCUT2D eigenvalue weighted by molar-refractivity contribution is 6.09. The van der Waals surface area contributed by atoms with Crippen molar-refractivity contribution in [3.8, 4) is 44.5 Å². The summed E-state index contributed by atoms with van der Waals surface area (Å²) in [6.45, 7) is 4.75. The Balaban J connectivity index is 0.959. The van der Waals surface area contributed by atoms with Gasteiger partial charge in [-0.3, -0.25) is 0 Å². The van der Waals surface area contributed by atoms with Crippen molar-refractivity contribution >= 4 is 60.5 Å². The Bertz CT molecular complexity index is 3490. The van der Waals surface area contributed by atoms with Crippen molar-refractivity contribution in [1.82, 2.24) is 0 Å². The normalized spacial score (nSPS) is 12.9. The molecule has 0 aliphatic heterocycles. The highest BCUT2D eigenvalue weighted by Crippen LogP contribution is 2.52. The van der Waals surface area contributed by atoms with Gasteiger partial charge in [0.2, 0.25) is 0 Å². The molecule has 1 heterocycles. The summed E-state index contributed by atoms with van der Waals surface area (Å²) in [6.07, 6.45) is 0. The summed E-state index contributed by atoms with van der Waals surface area (Å²) < 4.78 is 6.46. The number of anilines is 3. The Morgan fingerprint density at radius 3 is 1.66 bits per heavy atom. The largest absolute Gasteiger partial charge is 0.455 e. The molecule has 0 spiro atoms. The van der Waals surface area contributed by atoms with Crippen molar-refractivity contribution < 1.29 is 4.42 Å². The van der Waals surface area contributed by atoms with Gasteiger partial charge in [-0.05, 0) is 126 Å². The van der Waals surface area contributed by atoms with Crippen LogP contribution >= 0.6 is 0 Å². The fourth-order valence-electron chi connectivity index (χ4n) is 9.89. The lowest BCUT2D eigenvalue weighted by molar-refractivity contribution is 0.660. The fraction of sp³-hybridized carbons (Fsp3) is 0.0508. The number of furan rings is 1. The van der Waals surface area contributed by atoms with Crippen LogP contribution in [0, 0.1) is 0 Å². The van der Waals surface area contributed by atoms with Crippen LogP contribution in [-0.4, -0.2) is 0 Å². The summed E-state index contributed by atoms with van der Waals surface area (Å²) >= 11 is 0. The summed E-state index contributed by atoms with van der Waals surface area (Å²) in [4.78, 5) is 2.40. The SMILES string of the molecule is CC1(C)c2cc(-c3ccc4ccccc4c3)ccc2-c2ccc(N(c3ccc(-c4cccc5ccccc45)cc3)c3ccc(-c4cccc5c4oc4ccccc45)cc3)cc21. The zero-order chi connectivity index (χ0) is 40.7. The molecule has 1 aromatic heterocycles. The predicted octanol–water partition coefficient (Wildman–Crippen LogP) is 16.7. The molecule has 1 aliphatic carbocycles. The molecule has 0 N–H and O–H groups in total. The van der Waals surface area contributed by atoms with Crippen LogP contribution in [-0.2, 0) is 5.41 Å². The summed E-state index contributed by atoms with van der Waals surface area (Å²) in [7, 11) is 0. The van der Waals surface area contributed by atoms with Crippen molar-refractivity contribution in [2.45, 2.75) is 19.3 Å². The van der Waals surface area contributed by atoms with E-state index in [1.54, 1.807) is 0 Å². The van der Waals surface area contributed by atoms with E-state index < -0.39 is 0 Å². The Morgan fingerprint density at radius 2 is 0.869 bits per heavy atom. The van der Waals surface area contributed by atoms with Crippen LogP contribution in [0.2, 0.25) is 0 Å². The molecule has 288 valence electrons. The van der Waals surface area contributed by atoms with Gasteiger partial charge < -0.3 is 9.32 Å². The molecule has 0 fully saturated rings. The van der Waals surface area contributed by atoms with Crippen molar-refractivity contribution in [2.75, 3.05) is 4.90 Å². The molecular weight excluding hydrogens is 739 g/mol. The van der Waals surface area contributed by atoms with Crippen LogP contribution in [0.25, 0.3) is 88.0 Å². The highest BCUT2D eigenvalue weighted by Gasteiger charge is 2.36. The molecule has 10 aromatic carbocycles. The first-order valence-electron chi connectivity index (χ1n) is 21.2. The van der Waals surface area contributed by atoms with Crippen LogP contribution in [0.1, 0.15) is 25.0 Å². The molecule has 1 aliphatic rings. The van der Waals surface area contributed by atoms with E-state index in [0.29, 0.717) is 0 Å². The van der Waals surface area contributed by atoms with Crippen LogP contribution in [0.4, 0.5) is 17.1 Å². The summed E-state index contributed by atoms with van der Waals surface area (Å²) in [5.74, 6) is 0. The Labute approximate surface area is 355 Å². The van der Waals surface area contributed by atoms with Gasteiger partial charge in [-0.15, -0.1) is 0 Å². The maximum atomic E-state index is 6.46. The highest BCUT2D eigenvalue weighted by atomic mass is 16.3. The van der Waals surface area contributed by atoms with Crippen LogP contribution < -0.4 is 4.90 Å².